The number of hydrogen-bond donors (Lipinski definition) is 0. The van der Waals surface area contributed by atoms with Crippen molar-refractivity contribution in [1.29, 1.82) is 0 Å². The summed E-state index contributed by atoms with van der Waals surface area (Å²) in [5.41, 5.74) is 1.12. The minimum absolute atomic E-state index is 0.238. The second kappa shape index (κ2) is 5.85. The first kappa shape index (κ1) is 12.2. The van der Waals surface area contributed by atoms with Gasteiger partial charge >= 0.3 is 0 Å². The Balaban J connectivity index is 2.59. The number of alkyl halides is 1. The van der Waals surface area contributed by atoms with Crippen LogP contribution in [-0.2, 0) is 6.42 Å². The van der Waals surface area contributed by atoms with E-state index in [9.17, 15) is 0 Å². The number of halogens is 3. The van der Waals surface area contributed by atoms with Crippen LogP contribution in [0.5, 0.6) is 0 Å². The molecule has 0 N–H and O–H groups in total. The van der Waals surface area contributed by atoms with Crippen LogP contribution in [0.3, 0.4) is 0 Å². The topological polar surface area (TPSA) is 0 Å². The van der Waals surface area contributed by atoms with Crippen molar-refractivity contribution in [2.24, 2.45) is 0 Å². The summed E-state index contributed by atoms with van der Waals surface area (Å²) in [4.78, 5) is 0. The van der Waals surface area contributed by atoms with Crippen molar-refractivity contribution in [3.8, 4) is 0 Å². The molecule has 0 heterocycles. The molecule has 0 spiro atoms. The van der Waals surface area contributed by atoms with E-state index in [0.29, 0.717) is 5.02 Å². The number of rotatable bonds is 4. The van der Waals surface area contributed by atoms with Gasteiger partial charge in [-0.3, -0.25) is 0 Å². The molecule has 0 nitrogen and oxygen atoms in total. The lowest BCUT2D eigenvalue weighted by Crippen LogP contribution is -1.98. The lowest BCUT2D eigenvalue weighted by atomic mass is 10.1. The lowest BCUT2D eigenvalue weighted by molar-refractivity contribution is 0.727. The van der Waals surface area contributed by atoms with Crippen molar-refractivity contribution >= 4 is 34.8 Å². The Hall–Kier alpha value is 0.0900. The molecule has 78 valence electrons. The number of benzene rings is 1. The van der Waals surface area contributed by atoms with Gasteiger partial charge < -0.3 is 0 Å². The summed E-state index contributed by atoms with van der Waals surface area (Å²) in [7, 11) is 0. The molecule has 14 heavy (non-hydrogen) atoms. The van der Waals surface area contributed by atoms with Gasteiger partial charge in [0.2, 0.25) is 0 Å². The SMILES string of the molecule is CCC(Cl)CCc1ccc(Cl)cc1Cl. The van der Waals surface area contributed by atoms with Crippen LogP contribution in [-0.4, -0.2) is 5.38 Å². The van der Waals surface area contributed by atoms with Gasteiger partial charge in [0.1, 0.15) is 0 Å². The molecular formula is C11H13Cl3. The zero-order chi connectivity index (χ0) is 10.6. The Kier molecular flexibility index (Phi) is 5.08. The second-order valence-electron chi connectivity index (χ2n) is 3.28. The van der Waals surface area contributed by atoms with Crippen molar-refractivity contribution < 1.29 is 0 Å². The van der Waals surface area contributed by atoms with Gasteiger partial charge in [0.15, 0.2) is 0 Å². The summed E-state index contributed by atoms with van der Waals surface area (Å²) in [5, 5.41) is 1.65. The van der Waals surface area contributed by atoms with Gasteiger partial charge in [-0.15, -0.1) is 11.6 Å². The quantitative estimate of drug-likeness (QED) is 0.665. The van der Waals surface area contributed by atoms with Crippen LogP contribution in [0.2, 0.25) is 10.0 Å². The second-order valence-corrected chi connectivity index (χ2v) is 4.74. The Morgan fingerprint density at radius 2 is 2.00 bits per heavy atom. The molecule has 0 aromatic heterocycles. The molecule has 0 saturated carbocycles. The van der Waals surface area contributed by atoms with Crippen molar-refractivity contribution in [1.82, 2.24) is 0 Å². The number of hydrogen-bond acceptors (Lipinski definition) is 0. The maximum absolute atomic E-state index is 6.03. The van der Waals surface area contributed by atoms with E-state index >= 15 is 0 Å². The zero-order valence-electron chi connectivity index (χ0n) is 8.06. The minimum atomic E-state index is 0.238. The van der Waals surface area contributed by atoms with E-state index in [0.717, 1.165) is 29.8 Å². The normalized spacial score (nSPS) is 12.9. The van der Waals surface area contributed by atoms with Gasteiger partial charge in [-0.25, -0.2) is 0 Å². The summed E-state index contributed by atoms with van der Waals surface area (Å²) in [5.74, 6) is 0. The molecular weight excluding hydrogens is 238 g/mol. The van der Waals surface area contributed by atoms with Crippen molar-refractivity contribution in [2.75, 3.05) is 0 Å². The highest BCUT2D eigenvalue weighted by Crippen LogP contribution is 2.23. The van der Waals surface area contributed by atoms with Gasteiger partial charge in [0, 0.05) is 15.4 Å². The summed E-state index contributed by atoms with van der Waals surface area (Å²) >= 11 is 17.9. The molecule has 1 unspecified atom stereocenters. The van der Waals surface area contributed by atoms with Crippen LogP contribution in [0.15, 0.2) is 18.2 Å². The Labute approximate surface area is 100 Å². The first-order chi connectivity index (χ1) is 6.63. The van der Waals surface area contributed by atoms with Crippen LogP contribution in [0, 0.1) is 0 Å². The third-order valence-corrected chi connectivity index (χ3v) is 3.30. The molecule has 0 aliphatic rings. The maximum atomic E-state index is 6.03. The van der Waals surface area contributed by atoms with Crippen LogP contribution in [0.25, 0.3) is 0 Å². The molecule has 1 rings (SSSR count). The van der Waals surface area contributed by atoms with Crippen LogP contribution >= 0.6 is 34.8 Å². The van der Waals surface area contributed by atoms with Crippen LogP contribution in [0.4, 0.5) is 0 Å². The monoisotopic (exact) mass is 250 g/mol. The van der Waals surface area contributed by atoms with Crippen LogP contribution in [0.1, 0.15) is 25.3 Å². The van der Waals surface area contributed by atoms with Gasteiger partial charge in [0.25, 0.3) is 0 Å². The molecule has 1 atom stereocenters. The molecule has 0 aliphatic heterocycles. The Bertz CT molecular complexity index is 297. The van der Waals surface area contributed by atoms with Crippen molar-refractivity contribution in [3.63, 3.8) is 0 Å². The third-order valence-electron chi connectivity index (χ3n) is 2.18. The predicted molar refractivity (Wildman–Crippen MR) is 64.7 cm³/mol. The van der Waals surface area contributed by atoms with Gasteiger partial charge in [0.05, 0.1) is 0 Å². The fraction of sp³-hybridized carbons (Fsp3) is 0.455. The first-order valence-corrected chi connectivity index (χ1v) is 5.90. The fourth-order valence-electron chi connectivity index (χ4n) is 1.24. The molecule has 0 fully saturated rings. The van der Waals surface area contributed by atoms with Crippen LogP contribution < -0.4 is 0 Å². The lowest BCUT2D eigenvalue weighted by Gasteiger charge is -2.07. The van der Waals surface area contributed by atoms with E-state index in [-0.39, 0.29) is 5.38 Å². The van der Waals surface area contributed by atoms with Gasteiger partial charge in [-0.05, 0) is 37.0 Å². The highest BCUT2D eigenvalue weighted by atomic mass is 35.5. The summed E-state index contributed by atoms with van der Waals surface area (Å²) < 4.78 is 0. The highest BCUT2D eigenvalue weighted by Gasteiger charge is 2.05. The molecule has 3 heteroatoms. The fourth-order valence-corrected chi connectivity index (χ4v) is 1.85. The van der Waals surface area contributed by atoms with E-state index < -0.39 is 0 Å². The summed E-state index contributed by atoms with van der Waals surface area (Å²) in [6, 6.07) is 5.59. The molecule has 0 saturated heterocycles. The Morgan fingerprint density at radius 1 is 1.29 bits per heavy atom. The number of aryl methyl sites for hydroxylation is 1. The first-order valence-electron chi connectivity index (χ1n) is 4.71. The van der Waals surface area contributed by atoms with Crippen molar-refractivity contribution in [3.05, 3.63) is 33.8 Å². The van der Waals surface area contributed by atoms with Crippen molar-refractivity contribution in [2.45, 2.75) is 31.6 Å². The standard InChI is InChI=1S/C11H13Cl3/c1-2-9(12)5-3-8-4-6-10(13)7-11(8)14/h4,6-7,9H,2-3,5H2,1H3. The van der Waals surface area contributed by atoms with E-state index in [1.807, 2.05) is 12.1 Å². The largest absolute Gasteiger partial charge is 0.123 e. The van der Waals surface area contributed by atoms with E-state index in [2.05, 4.69) is 6.92 Å². The van der Waals surface area contributed by atoms with Gasteiger partial charge in [-0.2, -0.15) is 0 Å². The molecule has 0 aliphatic carbocycles. The summed E-state index contributed by atoms with van der Waals surface area (Å²) in [6.07, 6.45) is 2.87. The molecule has 0 amide bonds. The maximum Gasteiger partial charge on any atom is 0.0452 e. The highest BCUT2D eigenvalue weighted by molar-refractivity contribution is 6.35. The average molecular weight is 252 g/mol. The molecule has 1 aromatic carbocycles. The summed E-state index contributed by atoms with van der Waals surface area (Å²) in [6.45, 7) is 2.08. The molecule has 0 radical (unpaired) electrons. The third kappa shape index (κ3) is 3.68. The average Bonchev–Trinajstić information content (AvgIpc) is 2.16. The van der Waals surface area contributed by atoms with Gasteiger partial charge in [-0.1, -0.05) is 36.2 Å². The zero-order valence-corrected chi connectivity index (χ0v) is 10.3. The molecule has 1 aromatic rings. The molecule has 0 bridgehead atoms. The smallest absolute Gasteiger partial charge is 0.0452 e. The van der Waals surface area contributed by atoms with E-state index in [1.165, 1.54) is 0 Å². The Morgan fingerprint density at radius 3 is 2.57 bits per heavy atom. The predicted octanol–water partition coefficient (Wildman–Crippen LogP) is 4.94. The van der Waals surface area contributed by atoms with E-state index in [1.54, 1.807) is 6.07 Å². The minimum Gasteiger partial charge on any atom is -0.123 e. The van der Waals surface area contributed by atoms with E-state index in [4.69, 9.17) is 34.8 Å².